The molecular weight excluding hydrogens is 715 g/mol. The molecule has 0 N–H and O–H groups in total. The predicted octanol–water partition coefficient (Wildman–Crippen LogP) is 6.28. The van der Waals surface area contributed by atoms with Crippen LogP contribution in [0.5, 0.6) is 0 Å². The zero-order valence-corrected chi connectivity index (χ0v) is 34.6. The van der Waals surface area contributed by atoms with Crippen LogP contribution in [0.4, 0.5) is 0 Å². The zero-order chi connectivity index (χ0) is 33.2. The second-order valence-electron chi connectivity index (χ2n) is 16.3. The number of rotatable bonds is 4. The molecule has 0 bridgehead atoms. The maximum Gasteiger partial charge on any atom is -1.00 e. The van der Waals surface area contributed by atoms with E-state index in [2.05, 4.69) is 158 Å². The molecule has 4 aliphatic carbocycles. The summed E-state index contributed by atoms with van der Waals surface area (Å²) in [4.78, 5) is 0. The van der Waals surface area contributed by atoms with E-state index < -0.39 is 21.3 Å². The van der Waals surface area contributed by atoms with Crippen LogP contribution < -0.4 is 24.8 Å². The molecule has 0 saturated heterocycles. The Hall–Kier alpha value is -2.57. The molecule has 0 saturated carbocycles. The fourth-order valence-electron chi connectivity index (χ4n) is 9.73. The van der Waals surface area contributed by atoms with Crippen LogP contribution in [0.3, 0.4) is 0 Å². The van der Waals surface area contributed by atoms with Gasteiger partial charge in [-0.15, -0.1) is 0 Å². The number of fused-ring (bicyclic) bond motifs is 6. The summed E-state index contributed by atoms with van der Waals surface area (Å²) in [7, 11) is 0. The summed E-state index contributed by atoms with van der Waals surface area (Å²) in [6, 6.07) is 26.5. The quantitative estimate of drug-likeness (QED) is 0.230. The average Bonchev–Trinajstić information content (AvgIpc) is 3.65. The van der Waals surface area contributed by atoms with Crippen molar-refractivity contribution in [2.75, 3.05) is 0 Å². The van der Waals surface area contributed by atoms with Crippen molar-refractivity contribution in [1.29, 1.82) is 0 Å². The molecule has 0 fully saturated rings. The van der Waals surface area contributed by atoms with Gasteiger partial charge < -0.3 is 24.8 Å². The van der Waals surface area contributed by atoms with Gasteiger partial charge >= 0.3 is 292 Å². The summed E-state index contributed by atoms with van der Waals surface area (Å²) in [5, 5.41) is 2.72. The molecule has 49 heavy (non-hydrogen) atoms. The number of halogens is 2. The topological polar surface area (TPSA) is 0 Å². The molecule has 250 valence electrons. The van der Waals surface area contributed by atoms with Gasteiger partial charge in [-0.2, -0.15) is 0 Å². The van der Waals surface area contributed by atoms with Crippen LogP contribution in [-0.4, -0.2) is 3.71 Å². The van der Waals surface area contributed by atoms with Gasteiger partial charge in [-0.25, -0.2) is 0 Å². The van der Waals surface area contributed by atoms with Gasteiger partial charge in [0.25, 0.3) is 0 Å². The molecule has 8 rings (SSSR count). The number of hydrogen-bond acceptors (Lipinski definition) is 0. The van der Waals surface area contributed by atoms with Crippen molar-refractivity contribution in [1.82, 2.24) is 0 Å². The number of allylic oxidation sites excluding steroid dienone is 8. The van der Waals surface area contributed by atoms with E-state index >= 15 is 0 Å². The minimum atomic E-state index is -2.70. The zero-order valence-electron chi connectivity index (χ0n) is 30.6. The van der Waals surface area contributed by atoms with Gasteiger partial charge in [0, 0.05) is 0 Å². The fourth-order valence-corrected chi connectivity index (χ4v) is 18.5. The summed E-state index contributed by atoms with van der Waals surface area (Å²) in [6.07, 6.45) is 7.60. The molecule has 4 aliphatic rings. The Labute approximate surface area is 314 Å². The first kappa shape index (κ1) is 36.2. The predicted molar refractivity (Wildman–Crippen MR) is 201 cm³/mol. The number of benzene rings is 4. The molecule has 0 heterocycles. The molecule has 4 aromatic carbocycles. The first-order valence-electron chi connectivity index (χ1n) is 17.7. The van der Waals surface area contributed by atoms with Crippen molar-refractivity contribution in [2.24, 2.45) is 11.8 Å². The summed E-state index contributed by atoms with van der Waals surface area (Å²) < 4.78 is 5.07. The van der Waals surface area contributed by atoms with Gasteiger partial charge in [-0.1, -0.05) is 0 Å². The monoisotopic (exact) mass is 760 g/mol. The average molecular weight is 763 g/mol. The Morgan fingerprint density at radius 1 is 0.694 bits per heavy atom. The SMILES string of the molecule is CC1=CC(C)(C)c2cc3c(cc21)-c1cc2c(cc1[CH]3/[Zr+2](=[CH]/c1cccc3ccccc13)[C]1=C(C)C(C(C)C)=CC1C)C(C)(C)C=C2C.[Cl-].[Cl-]. The minimum Gasteiger partial charge on any atom is -1.00 e. The van der Waals surface area contributed by atoms with Crippen molar-refractivity contribution in [3.8, 4) is 11.1 Å². The maximum atomic E-state index is 2.85. The molecule has 0 spiro atoms. The Morgan fingerprint density at radius 2 is 1.22 bits per heavy atom. The van der Waals surface area contributed by atoms with Crippen LogP contribution in [0.25, 0.3) is 33.0 Å². The van der Waals surface area contributed by atoms with Gasteiger partial charge in [0.2, 0.25) is 0 Å². The summed E-state index contributed by atoms with van der Waals surface area (Å²) in [6.45, 7) is 24.0. The van der Waals surface area contributed by atoms with E-state index in [0.717, 1.165) is 0 Å². The molecule has 3 heteroatoms. The van der Waals surface area contributed by atoms with Crippen molar-refractivity contribution in [3.63, 3.8) is 0 Å². The second kappa shape index (κ2) is 12.6. The Balaban J connectivity index is 0.00000208. The molecule has 4 aromatic rings. The molecule has 1 atom stereocenters. The van der Waals surface area contributed by atoms with E-state index in [1.807, 2.05) is 0 Å². The van der Waals surface area contributed by atoms with Gasteiger partial charge in [0.15, 0.2) is 0 Å². The third-order valence-corrected chi connectivity index (χ3v) is 19.9. The Bertz CT molecular complexity index is 2120. The van der Waals surface area contributed by atoms with Crippen LogP contribution in [0.1, 0.15) is 112 Å². The third kappa shape index (κ3) is 5.54. The van der Waals surface area contributed by atoms with E-state index in [-0.39, 0.29) is 35.6 Å². The van der Waals surface area contributed by atoms with Crippen molar-refractivity contribution in [2.45, 2.75) is 83.7 Å². The largest absolute Gasteiger partial charge is 1.00 e. The fraction of sp³-hybridized carbons (Fsp3) is 0.326. The van der Waals surface area contributed by atoms with Gasteiger partial charge in [-0.05, 0) is 0 Å². The molecular formula is C46H48Cl2Zr. The van der Waals surface area contributed by atoms with Crippen LogP contribution in [0.15, 0.2) is 99.4 Å². The van der Waals surface area contributed by atoms with Crippen LogP contribution in [0, 0.1) is 11.8 Å². The van der Waals surface area contributed by atoms with Crippen molar-refractivity contribution >= 4 is 25.6 Å². The van der Waals surface area contributed by atoms with Gasteiger partial charge in [-0.3, -0.25) is 0 Å². The third-order valence-electron chi connectivity index (χ3n) is 11.8. The molecule has 0 aliphatic heterocycles. The van der Waals surface area contributed by atoms with E-state index in [9.17, 15) is 0 Å². The molecule has 0 amide bonds. The number of hydrogen-bond donors (Lipinski definition) is 0. The van der Waals surface area contributed by atoms with E-state index in [1.165, 1.54) is 60.9 Å². The first-order valence-corrected chi connectivity index (χ1v) is 21.7. The van der Waals surface area contributed by atoms with Crippen LogP contribution in [-0.2, 0) is 32.1 Å². The normalized spacial score (nSPS) is 19.6. The summed E-state index contributed by atoms with van der Waals surface area (Å²) in [5.74, 6) is 1.02. The van der Waals surface area contributed by atoms with Crippen LogP contribution >= 0.6 is 0 Å². The summed E-state index contributed by atoms with van der Waals surface area (Å²) >= 11 is -2.70. The second-order valence-corrected chi connectivity index (χ2v) is 22.0. The molecule has 1 unspecified atom stereocenters. The Morgan fingerprint density at radius 3 is 1.76 bits per heavy atom. The molecule has 0 radical (unpaired) electrons. The molecule has 0 aromatic heterocycles. The van der Waals surface area contributed by atoms with Gasteiger partial charge in [0.05, 0.1) is 0 Å². The smallest absolute Gasteiger partial charge is 1.00 e. The van der Waals surface area contributed by atoms with Gasteiger partial charge in [0.1, 0.15) is 0 Å². The maximum absolute atomic E-state index is 2.85. The standard InChI is InChI=1S/C25H25.C11H8.C10H15.2ClH.Zr/c1-14-12-24(3,4)22-8-16-7-17-9-23-19(15(2)13-25(23,5)6)11-21(17)20(16)10-18(14)22;1-9-5-4-7-10-6-2-3-8-11(9)10;1-7(2)10-6-8(3)5-9(10)4;;;/h7-13H,1-6H3;1-8H;6-8H,1-4H3;2*1H;/q;;;;;+2/p-2. The minimum absolute atomic E-state index is 0. The van der Waals surface area contributed by atoms with Crippen LogP contribution in [0.2, 0.25) is 0 Å². The van der Waals surface area contributed by atoms with E-state index in [0.29, 0.717) is 15.5 Å². The Kier molecular flexibility index (Phi) is 9.30. The van der Waals surface area contributed by atoms with Crippen molar-refractivity contribution in [3.05, 3.63) is 138 Å². The first-order chi connectivity index (χ1) is 22.3. The van der Waals surface area contributed by atoms with E-state index in [4.69, 9.17) is 0 Å². The van der Waals surface area contributed by atoms with E-state index in [1.54, 1.807) is 25.6 Å². The summed E-state index contributed by atoms with van der Waals surface area (Å²) in [5.41, 5.74) is 19.6. The molecule has 0 nitrogen and oxygen atoms in total. The van der Waals surface area contributed by atoms with Crippen molar-refractivity contribution < 1.29 is 46.1 Å².